The van der Waals surface area contributed by atoms with E-state index in [4.69, 9.17) is 6.42 Å². The molecule has 132 valence electrons. The molecule has 2 aromatic rings. The molecule has 2 aliphatic rings. The van der Waals surface area contributed by atoms with Crippen molar-refractivity contribution in [2.24, 2.45) is 10.2 Å². The molecule has 4 rings (SSSR count). The van der Waals surface area contributed by atoms with E-state index < -0.39 is 5.66 Å². The summed E-state index contributed by atoms with van der Waals surface area (Å²) in [7, 11) is 0. The number of carbonyl (C=O) groups is 1. The largest absolute Gasteiger partial charge is 0.352 e. The molecule has 0 radical (unpaired) electrons. The molecule has 2 aliphatic heterocycles. The van der Waals surface area contributed by atoms with Crippen LogP contribution in [0.15, 0.2) is 33.2 Å². The van der Waals surface area contributed by atoms with Crippen molar-refractivity contribution in [2.75, 3.05) is 6.54 Å². The second kappa shape index (κ2) is 6.37. The number of fused-ring (bicyclic) bond motifs is 2. The Morgan fingerprint density at radius 2 is 2.19 bits per heavy atom. The predicted molar refractivity (Wildman–Crippen MR) is 96.9 cm³/mol. The molecule has 0 spiro atoms. The highest BCUT2D eigenvalue weighted by atomic mass is 16.1. The lowest BCUT2D eigenvalue weighted by Gasteiger charge is -2.10. The number of benzene rings is 1. The van der Waals surface area contributed by atoms with E-state index >= 15 is 0 Å². The SMILES string of the molecule is C#CCCC1(CCNC(=O)c2ccc3c(=O)n4c(nc3c2)CCC4)N=N1. The van der Waals surface area contributed by atoms with Gasteiger partial charge in [-0.25, -0.2) is 4.98 Å². The van der Waals surface area contributed by atoms with Crippen molar-refractivity contribution in [1.82, 2.24) is 14.9 Å². The van der Waals surface area contributed by atoms with E-state index in [1.165, 1.54) is 0 Å². The molecule has 0 aliphatic carbocycles. The summed E-state index contributed by atoms with van der Waals surface area (Å²) in [4.78, 5) is 29.4. The van der Waals surface area contributed by atoms with Crippen LogP contribution < -0.4 is 10.9 Å². The summed E-state index contributed by atoms with van der Waals surface area (Å²) < 4.78 is 1.72. The van der Waals surface area contributed by atoms with Crippen LogP contribution in [0.3, 0.4) is 0 Å². The van der Waals surface area contributed by atoms with Crippen molar-refractivity contribution in [3.63, 3.8) is 0 Å². The number of aromatic nitrogens is 2. The topological polar surface area (TPSA) is 88.7 Å². The average Bonchev–Trinajstić information content (AvgIpc) is 3.25. The lowest BCUT2D eigenvalue weighted by atomic mass is 10.0. The van der Waals surface area contributed by atoms with Gasteiger partial charge in [-0.1, -0.05) is 0 Å². The van der Waals surface area contributed by atoms with Crippen LogP contribution in [-0.4, -0.2) is 27.7 Å². The minimum atomic E-state index is -0.403. The maximum Gasteiger partial charge on any atom is 0.261 e. The van der Waals surface area contributed by atoms with Gasteiger partial charge in [0.25, 0.3) is 11.5 Å². The van der Waals surface area contributed by atoms with Crippen molar-refractivity contribution >= 4 is 16.8 Å². The molecule has 3 heterocycles. The maximum atomic E-state index is 12.5. The highest BCUT2D eigenvalue weighted by Crippen LogP contribution is 2.36. The van der Waals surface area contributed by atoms with E-state index in [0.29, 0.717) is 42.3 Å². The normalized spacial score (nSPS) is 16.3. The third kappa shape index (κ3) is 2.99. The lowest BCUT2D eigenvalue weighted by Crippen LogP contribution is -2.28. The van der Waals surface area contributed by atoms with Gasteiger partial charge in [-0.3, -0.25) is 14.2 Å². The second-order valence-corrected chi connectivity index (χ2v) is 6.71. The number of amides is 1. The number of nitrogens with zero attached hydrogens (tertiary/aromatic N) is 4. The molecule has 7 nitrogen and oxygen atoms in total. The van der Waals surface area contributed by atoms with Crippen LogP contribution in [0, 0.1) is 12.3 Å². The molecule has 0 bridgehead atoms. The summed E-state index contributed by atoms with van der Waals surface area (Å²) in [6, 6.07) is 5.04. The first kappa shape index (κ1) is 16.5. The third-order valence-corrected chi connectivity index (χ3v) is 4.94. The number of terminal acetylenes is 1. The van der Waals surface area contributed by atoms with Gasteiger partial charge in [0.1, 0.15) is 5.82 Å². The molecule has 26 heavy (non-hydrogen) atoms. The van der Waals surface area contributed by atoms with Crippen molar-refractivity contribution in [3.05, 3.63) is 39.9 Å². The molecule has 7 heteroatoms. The van der Waals surface area contributed by atoms with E-state index in [9.17, 15) is 9.59 Å². The van der Waals surface area contributed by atoms with Crippen LogP contribution in [-0.2, 0) is 13.0 Å². The summed E-state index contributed by atoms with van der Waals surface area (Å²) >= 11 is 0. The smallest absolute Gasteiger partial charge is 0.261 e. The number of rotatable bonds is 6. The molecule has 0 saturated carbocycles. The highest BCUT2D eigenvalue weighted by Gasteiger charge is 2.38. The van der Waals surface area contributed by atoms with Crippen LogP contribution in [0.25, 0.3) is 10.9 Å². The van der Waals surface area contributed by atoms with E-state index in [0.717, 1.165) is 25.2 Å². The van der Waals surface area contributed by atoms with Gasteiger partial charge in [-0.15, -0.1) is 12.3 Å². The van der Waals surface area contributed by atoms with Gasteiger partial charge in [0.2, 0.25) is 0 Å². The number of hydrogen-bond acceptors (Lipinski definition) is 5. The fourth-order valence-electron chi connectivity index (χ4n) is 3.37. The van der Waals surface area contributed by atoms with Crippen LogP contribution >= 0.6 is 0 Å². The van der Waals surface area contributed by atoms with Gasteiger partial charge in [-0.2, -0.15) is 10.2 Å². The Morgan fingerprint density at radius 3 is 2.96 bits per heavy atom. The summed E-state index contributed by atoms with van der Waals surface area (Å²) in [5.74, 6) is 3.19. The van der Waals surface area contributed by atoms with Crippen molar-refractivity contribution in [2.45, 2.75) is 44.3 Å². The van der Waals surface area contributed by atoms with Gasteiger partial charge in [0, 0.05) is 44.3 Å². The summed E-state index contributed by atoms with van der Waals surface area (Å²) in [5.41, 5.74) is 0.643. The first-order chi connectivity index (χ1) is 12.6. The maximum absolute atomic E-state index is 12.5. The van der Waals surface area contributed by atoms with E-state index in [1.54, 1.807) is 22.8 Å². The zero-order chi connectivity index (χ0) is 18.1. The fraction of sp³-hybridized carbons (Fsp3) is 0.421. The summed E-state index contributed by atoms with van der Waals surface area (Å²) in [6.07, 6.45) is 8.99. The molecule has 0 atom stereocenters. The van der Waals surface area contributed by atoms with Gasteiger partial charge in [0.05, 0.1) is 10.9 Å². The molecule has 0 fully saturated rings. The molecule has 0 unspecified atom stereocenters. The van der Waals surface area contributed by atoms with Gasteiger partial charge < -0.3 is 5.32 Å². The third-order valence-electron chi connectivity index (χ3n) is 4.94. The number of hydrogen-bond donors (Lipinski definition) is 1. The molecule has 0 saturated heterocycles. The Balaban J connectivity index is 1.45. The Morgan fingerprint density at radius 1 is 1.35 bits per heavy atom. The Hall–Kier alpha value is -3.01. The van der Waals surface area contributed by atoms with Gasteiger partial charge in [-0.05, 0) is 24.6 Å². The Kier molecular flexibility index (Phi) is 4.03. The van der Waals surface area contributed by atoms with Gasteiger partial charge in [0.15, 0.2) is 5.66 Å². The van der Waals surface area contributed by atoms with E-state index in [-0.39, 0.29) is 11.5 Å². The van der Waals surface area contributed by atoms with Crippen LogP contribution in [0.1, 0.15) is 41.9 Å². The summed E-state index contributed by atoms with van der Waals surface area (Å²) in [5, 5.41) is 11.5. The van der Waals surface area contributed by atoms with Crippen LogP contribution in [0.4, 0.5) is 0 Å². The fourth-order valence-corrected chi connectivity index (χ4v) is 3.37. The minimum Gasteiger partial charge on any atom is -0.352 e. The number of carbonyl (C=O) groups excluding carboxylic acids is 1. The minimum absolute atomic E-state index is 0.0260. The van der Waals surface area contributed by atoms with Crippen LogP contribution in [0.5, 0.6) is 0 Å². The van der Waals surface area contributed by atoms with Crippen LogP contribution in [0.2, 0.25) is 0 Å². The van der Waals surface area contributed by atoms with Gasteiger partial charge >= 0.3 is 0 Å². The van der Waals surface area contributed by atoms with E-state index in [1.807, 2.05) is 0 Å². The molecule has 1 amide bonds. The quantitative estimate of drug-likeness (QED) is 0.809. The Labute approximate surface area is 150 Å². The van der Waals surface area contributed by atoms with Crippen molar-refractivity contribution in [3.8, 4) is 12.3 Å². The number of aryl methyl sites for hydroxylation is 1. The first-order valence-electron chi connectivity index (χ1n) is 8.81. The molecule has 1 N–H and O–H groups in total. The second-order valence-electron chi connectivity index (χ2n) is 6.71. The molecular weight excluding hydrogens is 330 g/mol. The first-order valence-corrected chi connectivity index (χ1v) is 8.81. The predicted octanol–water partition coefficient (Wildman–Crippen LogP) is 2.04. The zero-order valence-electron chi connectivity index (χ0n) is 14.4. The van der Waals surface area contributed by atoms with E-state index in [2.05, 4.69) is 26.4 Å². The van der Waals surface area contributed by atoms with Crippen molar-refractivity contribution in [1.29, 1.82) is 0 Å². The average molecular weight is 349 g/mol. The monoisotopic (exact) mass is 349 g/mol. The zero-order valence-corrected chi connectivity index (χ0v) is 14.4. The molecular formula is C19H19N5O2. The highest BCUT2D eigenvalue weighted by molar-refractivity contribution is 5.97. The summed E-state index contributed by atoms with van der Waals surface area (Å²) in [6.45, 7) is 1.19. The standard InChI is InChI=1S/C19H19N5O2/c1-2-3-8-19(22-23-19)9-10-20-17(25)13-6-7-14-15(12-13)21-16-5-4-11-24(16)18(14)26/h1,6-7,12H,3-5,8-11H2,(H,20,25). The molecule has 1 aromatic heterocycles. The molecule has 1 aromatic carbocycles. The van der Waals surface area contributed by atoms with Crippen molar-refractivity contribution < 1.29 is 4.79 Å². The number of nitrogens with one attached hydrogen (secondary N) is 1. The lowest BCUT2D eigenvalue weighted by molar-refractivity contribution is 0.0952. The Bertz CT molecular complexity index is 1010.